The van der Waals surface area contributed by atoms with Crippen molar-refractivity contribution in [2.75, 3.05) is 7.11 Å². The fourth-order valence-electron chi connectivity index (χ4n) is 1.85. The second-order valence-electron chi connectivity index (χ2n) is 3.70. The van der Waals surface area contributed by atoms with Crippen molar-refractivity contribution in [3.63, 3.8) is 0 Å². The van der Waals surface area contributed by atoms with E-state index >= 15 is 0 Å². The number of benzene rings is 1. The van der Waals surface area contributed by atoms with Crippen molar-refractivity contribution in [3.8, 4) is 17.1 Å². The molecule has 1 aromatic carbocycles. The van der Waals surface area contributed by atoms with E-state index in [1.54, 1.807) is 13.3 Å². The molecular formula is C13H11N3O. The van der Waals surface area contributed by atoms with Crippen molar-refractivity contribution in [2.24, 2.45) is 0 Å². The third kappa shape index (κ3) is 1.63. The lowest BCUT2D eigenvalue weighted by molar-refractivity contribution is 0.398. The predicted octanol–water partition coefficient (Wildman–Crippen LogP) is 2.63. The lowest BCUT2D eigenvalue weighted by Crippen LogP contribution is -1.87. The topological polar surface area (TPSA) is 50.8 Å². The van der Waals surface area contributed by atoms with Crippen LogP contribution in [0.2, 0.25) is 0 Å². The number of hydrogen-bond donors (Lipinski definition) is 1. The van der Waals surface area contributed by atoms with Crippen molar-refractivity contribution in [1.29, 1.82) is 0 Å². The molecule has 84 valence electrons. The van der Waals surface area contributed by atoms with E-state index < -0.39 is 0 Å². The summed E-state index contributed by atoms with van der Waals surface area (Å²) in [5, 5.41) is 8.44. The zero-order valence-electron chi connectivity index (χ0n) is 9.34. The number of H-pyrrole nitrogens is 1. The minimum Gasteiger partial charge on any atom is -0.481 e. The van der Waals surface area contributed by atoms with Crippen LogP contribution in [0.15, 0.2) is 42.6 Å². The number of rotatable bonds is 2. The molecular weight excluding hydrogens is 214 g/mol. The summed E-state index contributed by atoms with van der Waals surface area (Å²) in [7, 11) is 1.61. The van der Waals surface area contributed by atoms with E-state index in [1.807, 2.05) is 36.4 Å². The Balaban J connectivity index is 2.20. The van der Waals surface area contributed by atoms with Crippen LogP contribution in [0, 0.1) is 0 Å². The Labute approximate surface area is 98.3 Å². The molecule has 0 fully saturated rings. The summed E-state index contributed by atoms with van der Waals surface area (Å²) < 4.78 is 5.12. The highest BCUT2D eigenvalue weighted by atomic mass is 16.5. The number of para-hydroxylation sites is 1. The van der Waals surface area contributed by atoms with Crippen molar-refractivity contribution in [1.82, 2.24) is 15.2 Å². The molecule has 0 amide bonds. The van der Waals surface area contributed by atoms with Crippen molar-refractivity contribution in [2.45, 2.75) is 0 Å². The average Bonchev–Trinajstić information content (AvgIpc) is 2.82. The van der Waals surface area contributed by atoms with Crippen molar-refractivity contribution in [3.05, 3.63) is 42.6 Å². The smallest absolute Gasteiger partial charge is 0.213 e. The summed E-state index contributed by atoms with van der Waals surface area (Å²) >= 11 is 0. The molecule has 0 saturated carbocycles. The number of hydrogen-bond acceptors (Lipinski definition) is 3. The Hall–Kier alpha value is -2.36. The quantitative estimate of drug-likeness (QED) is 0.729. The number of fused-ring (bicyclic) bond motifs is 1. The van der Waals surface area contributed by atoms with Crippen LogP contribution in [-0.2, 0) is 0 Å². The van der Waals surface area contributed by atoms with Crippen LogP contribution < -0.4 is 4.74 Å². The highest BCUT2D eigenvalue weighted by Gasteiger charge is 2.08. The van der Waals surface area contributed by atoms with E-state index in [4.69, 9.17) is 4.74 Å². The maximum atomic E-state index is 5.12. The number of nitrogens with one attached hydrogen (secondary N) is 1. The lowest BCUT2D eigenvalue weighted by atomic mass is 10.1. The van der Waals surface area contributed by atoms with E-state index in [0.717, 1.165) is 22.2 Å². The first-order chi connectivity index (χ1) is 8.38. The maximum Gasteiger partial charge on any atom is 0.213 e. The third-order valence-corrected chi connectivity index (χ3v) is 2.69. The fraction of sp³-hybridized carbons (Fsp3) is 0.0769. The van der Waals surface area contributed by atoms with Crippen molar-refractivity contribution < 1.29 is 4.74 Å². The summed E-state index contributed by atoms with van der Waals surface area (Å²) in [5.41, 5.74) is 2.94. The number of aromatic amines is 1. The monoisotopic (exact) mass is 225 g/mol. The molecule has 0 unspecified atom stereocenters. The number of ether oxygens (including phenoxy) is 1. The van der Waals surface area contributed by atoms with Gasteiger partial charge in [0.05, 0.1) is 12.6 Å². The normalized spacial score (nSPS) is 10.6. The molecule has 0 bridgehead atoms. The Morgan fingerprint density at radius 2 is 2.06 bits per heavy atom. The van der Waals surface area contributed by atoms with E-state index in [-0.39, 0.29) is 0 Å². The van der Waals surface area contributed by atoms with Gasteiger partial charge in [0.2, 0.25) is 5.88 Å². The van der Waals surface area contributed by atoms with Crippen LogP contribution in [0.3, 0.4) is 0 Å². The first-order valence-corrected chi connectivity index (χ1v) is 5.32. The Bertz CT molecular complexity index is 660. The van der Waals surface area contributed by atoms with Gasteiger partial charge in [-0.25, -0.2) is 4.98 Å². The number of methoxy groups -OCH3 is 1. The van der Waals surface area contributed by atoms with Crippen LogP contribution in [0.5, 0.6) is 5.88 Å². The Kier molecular flexibility index (Phi) is 2.26. The minimum absolute atomic E-state index is 0.592. The van der Waals surface area contributed by atoms with Crippen LogP contribution in [0.4, 0.5) is 0 Å². The minimum atomic E-state index is 0.592. The standard InChI is InChI=1S/C13H11N3O/c1-17-12-8-9(6-7-14-12)13-10-4-2-3-5-11(10)15-16-13/h2-8H,1H3,(H,15,16). The van der Waals surface area contributed by atoms with Crippen LogP contribution in [0.1, 0.15) is 0 Å². The number of nitrogens with zero attached hydrogens (tertiary/aromatic N) is 2. The molecule has 0 saturated heterocycles. The van der Waals surface area contributed by atoms with E-state index in [2.05, 4.69) is 15.2 Å². The molecule has 0 aliphatic rings. The van der Waals surface area contributed by atoms with Gasteiger partial charge in [-0.1, -0.05) is 18.2 Å². The fourth-order valence-corrected chi connectivity index (χ4v) is 1.85. The van der Waals surface area contributed by atoms with Gasteiger partial charge < -0.3 is 4.74 Å². The molecule has 0 aliphatic heterocycles. The molecule has 0 atom stereocenters. The van der Waals surface area contributed by atoms with Crippen LogP contribution in [0.25, 0.3) is 22.2 Å². The summed E-state index contributed by atoms with van der Waals surface area (Å²) in [5.74, 6) is 0.592. The number of pyridine rings is 1. The first-order valence-electron chi connectivity index (χ1n) is 5.32. The van der Waals surface area contributed by atoms with E-state index in [1.165, 1.54) is 0 Å². The van der Waals surface area contributed by atoms with Gasteiger partial charge in [-0.15, -0.1) is 0 Å². The van der Waals surface area contributed by atoms with Gasteiger partial charge in [0.1, 0.15) is 5.69 Å². The van der Waals surface area contributed by atoms with E-state index in [0.29, 0.717) is 5.88 Å². The molecule has 4 nitrogen and oxygen atoms in total. The summed E-state index contributed by atoms with van der Waals surface area (Å²) in [4.78, 5) is 4.09. The largest absolute Gasteiger partial charge is 0.481 e. The third-order valence-electron chi connectivity index (χ3n) is 2.69. The van der Waals surface area contributed by atoms with Gasteiger partial charge in [-0.05, 0) is 12.1 Å². The Morgan fingerprint density at radius 3 is 2.94 bits per heavy atom. The second kappa shape index (κ2) is 3.90. The molecule has 0 spiro atoms. The van der Waals surface area contributed by atoms with Gasteiger partial charge >= 0.3 is 0 Å². The molecule has 0 aliphatic carbocycles. The number of aromatic nitrogens is 3. The maximum absolute atomic E-state index is 5.12. The molecule has 17 heavy (non-hydrogen) atoms. The van der Waals surface area contributed by atoms with E-state index in [9.17, 15) is 0 Å². The first kappa shape index (κ1) is 9.84. The highest BCUT2D eigenvalue weighted by molar-refractivity contribution is 5.92. The van der Waals surface area contributed by atoms with Gasteiger partial charge in [0, 0.05) is 23.2 Å². The highest BCUT2D eigenvalue weighted by Crippen LogP contribution is 2.27. The molecule has 3 rings (SSSR count). The lowest BCUT2D eigenvalue weighted by Gasteiger charge is -2.01. The molecule has 2 aromatic heterocycles. The van der Waals surface area contributed by atoms with Crippen LogP contribution >= 0.6 is 0 Å². The molecule has 1 N–H and O–H groups in total. The molecule has 2 heterocycles. The second-order valence-corrected chi connectivity index (χ2v) is 3.70. The average molecular weight is 225 g/mol. The molecule has 4 heteroatoms. The van der Waals surface area contributed by atoms with Crippen LogP contribution in [-0.4, -0.2) is 22.3 Å². The van der Waals surface area contributed by atoms with Gasteiger partial charge in [0.25, 0.3) is 0 Å². The zero-order chi connectivity index (χ0) is 11.7. The summed E-state index contributed by atoms with van der Waals surface area (Å²) in [6.07, 6.45) is 1.72. The molecule has 0 radical (unpaired) electrons. The van der Waals surface area contributed by atoms with Crippen molar-refractivity contribution >= 4 is 10.9 Å². The zero-order valence-corrected chi connectivity index (χ0v) is 9.34. The van der Waals surface area contributed by atoms with Gasteiger partial charge in [-0.2, -0.15) is 5.10 Å². The predicted molar refractivity (Wildman–Crippen MR) is 65.9 cm³/mol. The SMILES string of the molecule is COc1cc(-c2n[nH]c3ccccc23)ccn1. The van der Waals surface area contributed by atoms with Gasteiger partial charge in [-0.3, -0.25) is 5.10 Å². The summed E-state index contributed by atoms with van der Waals surface area (Å²) in [6.45, 7) is 0. The van der Waals surface area contributed by atoms with Gasteiger partial charge in [0.15, 0.2) is 0 Å². The Morgan fingerprint density at radius 1 is 1.18 bits per heavy atom. The summed E-state index contributed by atoms with van der Waals surface area (Å²) in [6, 6.07) is 11.8. The molecule has 3 aromatic rings.